The standard InChI is InChI=1S/C10H16O6/c11-7(8(12)13)10(16,9(14)15)6-4-2-1-3-5-6/h6-7,11,16H,1-5H2,(H,12,13)(H,14,15). The molecule has 1 aliphatic carbocycles. The van der Waals surface area contributed by atoms with Gasteiger partial charge in [0.15, 0.2) is 6.10 Å². The van der Waals surface area contributed by atoms with Crippen LogP contribution in [0.3, 0.4) is 0 Å². The second-order valence-electron chi connectivity index (χ2n) is 4.21. The first-order valence-electron chi connectivity index (χ1n) is 5.27. The van der Waals surface area contributed by atoms with Crippen molar-refractivity contribution in [3.8, 4) is 0 Å². The van der Waals surface area contributed by atoms with Gasteiger partial charge in [0.25, 0.3) is 0 Å². The first kappa shape index (κ1) is 12.9. The predicted octanol–water partition coefficient (Wildman–Crippen LogP) is -0.172. The van der Waals surface area contributed by atoms with Gasteiger partial charge in [-0.1, -0.05) is 19.3 Å². The molecule has 0 aromatic carbocycles. The van der Waals surface area contributed by atoms with E-state index in [2.05, 4.69) is 0 Å². The molecule has 0 aliphatic heterocycles. The van der Waals surface area contributed by atoms with E-state index in [-0.39, 0.29) is 0 Å². The third kappa shape index (κ3) is 2.17. The number of hydrogen-bond donors (Lipinski definition) is 4. The van der Waals surface area contributed by atoms with E-state index in [1.807, 2.05) is 0 Å². The Morgan fingerprint density at radius 2 is 1.62 bits per heavy atom. The maximum Gasteiger partial charge on any atom is 0.339 e. The third-order valence-corrected chi connectivity index (χ3v) is 3.22. The van der Waals surface area contributed by atoms with Gasteiger partial charge in [0.2, 0.25) is 5.60 Å². The number of rotatable bonds is 4. The van der Waals surface area contributed by atoms with E-state index in [4.69, 9.17) is 10.2 Å². The Labute approximate surface area is 92.5 Å². The van der Waals surface area contributed by atoms with Gasteiger partial charge in [-0.25, -0.2) is 9.59 Å². The van der Waals surface area contributed by atoms with Crippen molar-refractivity contribution in [1.29, 1.82) is 0 Å². The van der Waals surface area contributed by atoms with Gasteiger partial charge in [0.05, 0.1) is 0 Å². The molecule has 0 aromatic heterocycles. The van der Waals surface area contributed by atoms with Crippen LogP contribution >= 0.6 is 0 Å². The van der Waals surface area contributed by atoms with Gasteiger partial charge in [-0.3, -0.25) is 0 Å². The molecule has 2 unspecified atom stereocenters. The Bertz CT molecular complexity index is 283. The molecule has 0 heterocycles. The minimum Gasteiger partial charge on any atom is -0.479 e. The molecular formula is C10H16O6. The number of carbonyl (C=O) groups is 2. The van der Waals surface area contributed by atoms with E-state index in [0.717, 1.165) is 19.3 Å². The van der Waals surface area contributed by atoms with Crippen molar-refractivity contribution in [2.24, 2.45) is 5.92 Å². The Morgan fingerprint density at radius 3 is 2.00 bits per heavy atom. The Kier molecular flexibility index (Phi) is 3.88. The van der Waals surface area contributed by atoms with Crippen molar-refractivity contribution in [2.75, 3.05) is 0 Å². The highest BCUT2D eigenvalue weighted by atomic mass is 16.4. The molecule has 0 amide bonds. The minimum atomic E-state index is -2.58. The fourth-order valence-electron chi connectivity index (χ4n) is 2.25. The van der Waals surface area contributed by atoms with Gasteiger partial charge >= 0.3 is 11.9 Å². The van der Waals surface area contributed by atoms with E-state index >= 15 is 0 Å². The largest absolute Gasteiger partial charge is 0.479 e. The molecule has 0 radical (unpaired) electrons. The second kappa shape index (κ2) is 4.80. The van der Waals surface area contributed by atoms with E-state index in [0.29, 0.717) is 12.8 Å². The van der Waals surface area contributed by atoms with Crippen LogP contribution in [-0.4, -0.2) is 44.1 Å². The lowest BCUT2D eigenvalue weighted by Crippen LogP contribution is -2.58. The van der Waals surface area contributed by atoms with E-state index in [9.17, 15) is 19.8 Å². The molecule has 4 N–H and O–H groups in total. The first-order valence-corrected chi connectivity index (χ1v) is 5.27. The summed E-state index contributed by atoms with van der Waals surface area (Å²) in [4.78, 5) is 21.6. The Balaban J connectivity index is 2.94. The van der Waals surface area contributed by atoms with Crippen LogP contribution in [0.2, 0.25) is 0 Å². The third-order valence-electron chi connectivity index (χ3n) is 3.22. The molecule has 6 heteroatoms. The van der Waals surface area contributed by atoms with Crippen LogP contribution in [0.25, 0.3) is 0 Å². The molecule has 1 aliphatic rings. The number of aliphatic carboxylic acids is 2. The van der Waals surface area contributed by atoms with Gasteiger partial charge in [-0.15, -0.1) is 0 Å². The van der Waals surface area contributed by atoms with Crippen LogP contribution in [0.1, 0.15) is 32.1 Å². The molecule has 0 bridgehead atoms. The monoisotopic (exact) mass is 232 g/mol. The summed E-state index contributed by atoms with van der Waals surface area (Å²) in [5, 5.41) is 36.8. The zero-order chi connectivity index (χ0) is 12.3. The van der Waals surface area contributed by atoms with Crippen LogP contribution in [0.4, 0.5) is 0 Å². The SMILES string of the molecule is O=C(O)C(O)C(O)(C(=O)O)C1CCCCC1. The van der Waals surface area contributed by atoms with Gasteiger partial charge in [-0.2, -0.15) is 0 Å². The quantitative estimate of drug-likeness (QED) is 0.535. The van der Waals surface area contributed by atoms with Gasteiger partial charge < -0.3 is 20.4 Å². The molecular weight excluding hydrogens is 216 g/mol. The minimum absolute atomic E-state index is 0.424. The highest BCUT2D eigenvalue weighted by Gasteiger charge is 2.53. The highest BCUT2D eigenvalue weighted by molar-refractivity contribution is 5.87. The van der Waals surface area contributed by atoms with Crippen LogP contribution in [0.15, 0.2) is 0 Å². The van der Waals surface area contributed by atoms with E-state index < -0.39 is 29.6 Å². The molecule has 92 valence electrons. The van der Waals surface area contributed by atoms with Crippen LogP contribution in [-0.2, 0) is 9.59 Å². The molecule has 0 spiro atoms. The number of aliphatic hydroxyl groups is 2. The summed E-state index contributed by atoms with van der Waals surface area (Å²) in [6.07, 6.45) is 0.988. The van der Waals surface area contributed by atoms with Crippen molar-refractivity contribution in [3.05, 3.63) is 0 Å². The van der Waals surface area contributed by atoms with Gasteiger partial charge in [-0.05, 0) is 12.8 Å². The zero-order valence-electron chi connectivity index (χ0n) is 8.80. The van der Waals surface area contributed by atoms with Crippen molar-refractivity contribution in [3.63, 3.8) is 0 Å². The summed E-state index contributed by atoms with van der Waals surface area (Å²) in [6.45, 7) is 0. The number of carboxylic acids is 2. The van der Waals surface area contributed by atoms with Crippen molar-refractivity contribution < 1.29 is 30.0 Å². The molecule has 1 saturated carbocycles. The summed E-state index contributed by atoms with van der Waals surface area (Å²) in [5.74, 6) is -4.09. The molecule has 2 atom stereocenters. The van der Waals surface area contributed by atoms with Gasteiger partial charge in [0, 0.05) is 5.92 Å². The molecule has 1 rings (SSSR count). The van der Waals surface area contributed by atoms with Gasteiger partial charge in [0.1, 0.15) is 0 Å². The molecule has 0 aromatic rings. The fraction of sp³-hybridized carbons (Fsp3) is 0.800. The molecule has 6 nitrogen and oxygen atoms in total. The fourth-order valence-corrected chi connectivity index (χ4v) is 2.25. The maximum atomic E-state index is 11.0. The van der Waals surface area contributed by atoms with Crippen LogP contribution in [0.5, 0.6) is 0 Å². The number of carboxylic acid groups (broad SMARTS) is 2. The topological polar surface area (TPSA) is 115 Å². The summed E-state index contributed by atoms with van der Waals surface area (Å²) in [5.41, 5.74) is -2.58. The smallest absolute Gasteiger partial charge is 0.339 e. The summed E-state index contributed by atoms with van der Waals surface area (Å²) >= 11 is 0. The lowest BCUT2D eigenvalue weighted by Gasteiger charge is -2.36. The van der Waals surface area contributed by atoms with E-state index in [1.54, 1.807) is 0 Å². The maximum absolute atomic E-state index is 11.0. The summed E-state index contributed by atoms with van der Waals surface area (Å²) in [6, 6.07) is 0. The predicted molar refractivity (Wildman–Crippen MR) is 52.8 cm³/mol. The average Bonchev–Trinajstić information content (AvgIpc) is 2.27. The van der Waals surface area contributed by atoms with Crippen LogP contribution in [0, 0.1) is 5.92 Å². The van der Waals surface area contributed by atoms with Crippen molar-refractivity contribution >= 4 is 11.9 Å². The second-order valence-corrected chi connectivity index (χ2v) is 4.21. The van der Waals surface area contributed by atoms with Crippen LogP contribution < -0.4 is 0 Å². The molecule has 0 saturated heterocycles. The highest BCUT2D eigenvalue weighted by Crippen LogP contribution is 2.35. The van der Waals surface area contributed by atoms with Crippen molar-refractivity contribution in [2.45, 2.75) is 43.8 Å². The number of aliphatic hydroxyl groups excluding tert-OH is 1. The lowest BCUT2D eigenvalue weighted by molar-refractivity contribution is -0.194. The molecule has 16 heavy (non-hydrogen) atoms. The Morgan fingerprint density at radius 1 is 1.12 bits per heavy atom. The summed E-state index contributed by atoms with van der Waals surface area (Å²) in [7, 11) is 0. The zero-order valence-corrected chi connectivity index (χ0v) is 8.80. The lowest BCUT2D eigenvalue weighted by atomic mass is 9.74. The normalized spacial score (nSPS) is 23.4. The molecule has 1 fully saturated rings. The average molecular weight is 232 g/mol. The summed E-state index contributed by atoms with van der Waals surface area (Å²) < 4.78 is 0. The number of hydrogen-bond acceptors (Lipinski definition) is 4. The van der Waals surface area contributed by atoms with E-state index in [1.165, 1.54) is 0 Å². The first-order chi connectivity index (χ1) is 7.40. The van der Waals surface area contributed by atoms with Crippen molar-refractivity contribution in [1.82, 2.24) is 0 Å². The Hall–Kier alpha value is -1.14.